The van der Waals surface area contributed by atoms with E-state index < -0.39 is 23.4 Å². The molecule has 156 valence electrons. The minimum absolute atomic E-state index is 0.0875. The Labute approximate surface area is 168 Å². The minimum Gasteiger partial charge on any atom is -0.486 e. The van der Waals surface area contributed by atoms with Crippen LogP contribution >= 0.6 is 0 Å². The lowest BCUT2D eigenvalue weighted by atomic mass is 9.93. The summed E-state index contributed by atoms with van der Waals surface area (Å²) < 4.78 is 53.6. The average molecular weight is 406 g/mol. The van der Waals surface area contributed by atoms with E-state index in [2.05, 4.69) is 6.92 Å². The largest absolute Gasteiger partial charge is 0.486 e. The van der Waals surface area contributed by atoms with Crippen LogP contribution in [0.25, 0.3) is 0 Å². The number of cyclic esters (lactones) is 1. The molecule has 0 saturated heterocycles. The quantitative estimate of drug-likeness (QED) is 0.404. The zero-order valence-corrected chi connectivity index (χ0v) is 16.7. The number of benzene rings is 2. The van der Waals surface area contributed by atoms with Crippen molar-refractivity contribution < 1.29 is 27.4 Å². The van der Waals surface area contributed by atoms with Crippen LogP contribution in [0.4, 0.5) is 13.2 Å². The number of ether oxygens (including phenoxy) is 2. The highest BCUT2D eigenvalue weighted by atomic mass is 19.2. The molecule has 0 saturated carbocycles. The van der Waals surface area contributed by atoms with Crippen LogP contribution in [0.3, 0.4) is 0 Å². The van der Waals surface area contributed by atoms with Crippen molar-refractivity contribution >= 4 is 5.97 Å². The highest BCUT2D eigenvalue weighted by Gasteiger charge is 2.30. The van der Waals surface area contributed by atoms with Crippen LogP contribution in [0.2, 0.25) is 0 Å². The fourth-order valence-electron chi connectivity index (χ4n) is 3.55. The second-order valence-corrected chi connectivity index (χ2v) is 7.29. The maximum atomic E-state index is 14.9. The second-order valence-electron chi connectivity index (χ2n) is 7.29. The molecule has 0 N–H and O–H groups in total. The van der Waals surface area contributed by atoms with E-state index in [9.17, 15) is 18.0 Å². The molecule has 1 atom stereocenters. The standard InChI is InChI=1S/C23H25F3O3/c1-3-5-6-7-17-12-15-8-9-16(20(24)19(15)23(27)29-17)13-28-18-11-10-14(4-2)21(25)22(18)26/h8-11,17H,3-7,12-13H2,1-2H3. The van der Waals surface area contributed by atoms with E-state index in [0.717, 1.165) is 25.7 Å². The third-order valence-corrected chi connectivity index (χ3v) is 5.25. The fraction of sp³-hybridized carbons (Fsp3) is 0.435. The van der Waals surface area contributed by atoms with Crippen molar-refractivity contribution in [2.24, 2.45) is 0 Å². The molecule has 29 heavy (non-hydrogen) atoms. The zero-order valence-electron chi connectivity index (χ0n) is 16.7. The molecule has 1 aliphatic rings. The number of rotatable bonds is 8. The lowest BCUT2D eigenvalue weighted by Crippen LogP contribution is -2.29. The summed E-state index contributed by atoms with van der Waals surface area (Å²) in [5.41, 5.74) is 0.843. The molecule has 0 radical (unpaired) electrons. The third kappa shape index (κ3) is 4.57. The van der Waals surface area contributed by atoms with Crippen molar-refractivity contribution in [3.8, 4) is 5.75 Å². The summed E-state index contributed by atoms with van der Waals surface area (Å²) in [5, 5.41) is 0. The summed E-state index contributed by atoms with van der Waals surface area (Å²) in [7, 11) is 0. The highest BCUT2D eigenvalue weighted by Crippen LogP contribution is 2.29. The first kappa shape index (κ1) is 21.2. The highest BCUT2D eigenvalue weighted by molar-refractivity contribution is 5.92. The van der Waals surface area contributed by atoms with E-state index in [-0.39, 0.29) is 35.2 Å². The number of fused-ring (bicyclic) bond motifs is 1. The summed E-state index contributed by atoms with van der Waals surface area (Å²) in [5.74, 6) is -3.77. The van der Waals surface area contributed by atoms with Crippen LogP contribution in [0.1, 0.15) is 66.6 Å². The number of aryl methyl sites for hydroxylation is 1. The Hall–Kier alpha value is -2.50. The number of carbonyl (C=O) groups is 1. The second kappa shape index (κ2) is 9.33. The molecule has 2 aromatic carbocycles. The number of carbonyl (C=O) groups excluding carboxylic acids is 1. The SMILES string of the molecule is CCCCCC1Cc2ccc(COc3ccc(CC)c(F)c3F)c(F)c2C(=O)O1. The van der Waals surface area contributed by atoms with Crippen LogP contribution in [0, 0.1) is 17.5 Å². The van der Waals surface area contributed by atoms with Crippen molar-refractivity contribution in [2.75, 3.05) is 0 Å². The van der Waals surface area contributed by atoms with Gasteiger partial charge in [-0.15, -0.1) is 0 Å². The van der Waals surface area contributed by atoms with E-state index in [0.29, 0.717) is 18.4 Å². The van der Waals surface area contributed by atoms with E-state index in [1.807, 2.05) is 0 Å². The predicted octanol–water partition coefficient (Wildman–Crippen LogP) is 5.91. The number of hydrogen-bond acceptors (Lipinski definition) is 3. The van der Waals surface area contributed by atoms with Gasteiger partial charge in [-0.05, 0) is 36.5 Å². The maximum absolute atomic E-state index is 14.9. The lowest BCUT2D eigenvalue weighted by Gasteiger charge is -2.25. The van der Waals surface area contributed by atoms with Gasteiger partial charge in [-0.1, -0.05) is 44.9 Å². The Morgan fingerprint density at radius 1 is 1.00 bits per heavy atom. The van der Waals surface area contributed by atoms with E-state index in [1.54, 1.807) is 13.0 Å². The van der Waals surface area contributed by atoms with Gasteiger partial charge in [0.05, 0.1) is 5.56 Å². The predicted molar refractivity (Wildman–Crippen MR) is 104 cm³/mol. The van der Waals surface area contributed by atoms with Gasteiger partial charge < -0.3 is 9.47 Å². The summed E-state index contributed by atoms with van der Waals surface area (Å²) in [4.78, 5) is 12.3. The Bertz CT molecular complexity index is 895. The number of esters is 1. The first-order valence-electron chi connectivity index (χ1n) is 10.1. The van der Waals surface area contributed by atoms with Crippen molar-refractivity contribution in [2.45, 2.75) is 65.1 Å². The van der Waals surface area contributed by atoms with Gasteiger partial charge >= 0.3 is 5.97 Å². The molecule has 1 aliphatic heterocycles. The molecule has 0 spiro atoms. The van der Waals surface area contributed by atoms with Gasteiger partial charge in [0.2, 0.25) is 5.82 Å². The van der Waals surface area contributed by atoms with E-state index in [4.69, 9.17) is 9.47 Å². The van der Waals surface area contributed by atoms with Gasteiger partial charge in [0.15, 0.2) is 11.6 Å². The monoisotopic (exact) mass is 406 g/mol. The van der Waals surface area contributed by atoms with Crippen LogP contribution < -0.4 is 4.74 Å². The topological polar surface area (TPSA) is 35.5 Å². The molecule has 0 aliphatic carbocycles. The molecule has 3 rings (SSSR count). The van der Waals surface area contributed by atoms with Gasteiger partial charge in [0.1, 0.15) is 18.5 Å². The van der Waals surface area contributed by atoms with Gasteiger partial charge in [0.25, 0.3) is 0 Å². The summed E-state index contributed by atoms with van der Waals surface area (Å²) >= 11 is 0. The number of hydrogen-bond donors (Lipinski definition) is 0. The molecular weight excluding hydrogens is 381 g/mol. The Morgan fingerprint density at radius 2 is 1.76 bits per heavy atom. The van der Waals surface area contributed by atoms with Crippen molar-refractivity contribution in [3.05, 3.63) is 64.0 Å². The molecule has 3 nitrogen and oxygen atoms in total. The van der Waals surface area contributed by atoms with Crippen LogP contribution in [0.15, 0.2) is 24.3 Å². The zero-order chi connectivity index (χ0) is 21.0. The fourth-order valence-corrected chi connectivity index (χ4v) is 3.55. The van der Waals surface area contributed by atoms with Crippen LogP contribution in [0.5, 0.6) is 5.75 Å². The molecule has 0 fully saturated rings. The summed E-state index contributed by atoms with van der Waals surface area (Å²) in [6.45, 7) is 3.49. The first-order valence-corrected chi connectivity index (χ1v) is 10.1. The Morgan fingerprint density at radius 3 is 2.48 bits per heavy atom. The third-order valence-electron chi connectivity index (χ3n) is 5.25. The smallest absolute Gasteiger partial charge is 0.341 e. The molecule has 1 heterocycles. The first-order chi connectivity index (χ1) is 14.0. The van der Waals surface area contributed by atoms with E-state index >= 15 is 0 Å². The number of halogens is 3. The van der Waals surface area contributed by atoms with E-state index in [1.165, 1.54) is 18.2 Å². The lowest BCUT2D eigenvalue weighted by molar-refractivity contribution is 0.0224. The van der Waals surface area contributed by atoms with Crippen molar-refractivity contribution in [1.82, 2.24) is 0 Å². The maximum Gasteiger partial charge on any atom is 0.341 e. The molecular formula is C23H25F3O3. The van der Waals surface area contributed by atoms with Crippen LogP contribution in [-0.4, -0.2) is 12.1 Å². The molecule has 6 heteroatoms. The molecule has 0 amide bonds. The minimum atomic E-state index is -1.10. The van der Waals surface area contributed by atoms with Gasteiger partial charge in [-0.3, -0.25) is 0 Å². The van der Waals surface area contributed by atoms with Gasteiger partial charge in [-0.2, -0.15) is 4.39 Å². The Kier molecular flexibility index (Phi) is 6.83. The molecule has 2 aromatic rings. The van der Waals surface area contributed by atoms with Gasteiger partial charge in [0, 0.05) is 12.0 Å². The normalized spacial score (nSPS) is 15.8. The van der Waals surface area contributed by atoms with Gasteiger partial charge in [-0.25, -0.2) is 13.6 Å². The molecule has 0 aromatic heterocycles. The average Bonchev–Trinajstić information content (AvgIpc) is 2.70. The number of unbranched alkanes of at least 4 members (excludes halogenated alkanes) is 2. The summed E-state index contributed by atoms with van der Waals surface area (Å²) in [6, 6.07) is 5.96. The molecule has 1 unspecified atom stereocenters. The molecule has 0 bridgehead atoms. The van der Waals surface area contributed by atoms with Crippen molar-refractivity contribution in [1.29, 1.82) is 0 Å². The Balaban J connectivity index is 1.74. The van der Waals surface area contributed by atoms with Crippen LogP contribution in [-0.2, 0) is 24.2 Å². The van der Waals surface area contributed by atoms with Crippen molar-refractivity contribution in [3.63, 3.8) is 0 Å². The summed E-state index contributed by atoms with van der Waals surface area (Å²) in [6.07, 6.45) is 4.42.